The van der Waals surface area contributed by atoms with E-state index in [-0.39, 0.29) is 0 Å². The minimum atomic E-state index is 0.716. The van der Waals surface area contributed by atoms with Gasteiger partial charge in [-0.15, -0.1) is 11.3 Å². The number of ether oxygens (including phenoxy) is 2. The van der Waals surface area contributed by atoms with E-state index in [0.717, 1.165) is 28.6 Å². The van der Waals surface area contributed by atoms with Crippen molar-refractivity contribution in [2.24, 2.45) is 0 Å². The highest BCUT2D eigenvalue weighted by Crippen LogP contribution is 2.39. The number of nitrogens with zero attached hydrogens (tertiary/aromatic N) is 2. The molecule has 3 rings (SSSR count). The number of thiazole rings is 1. The van der Waals surface area contributed by atoms with Crippen molar-refractivity contribution in [3.8, 4) is 22.1 Å². The standard InChI is InChI=1S/C19H20N2O2S/c1-21(15-8-5-4-6-9-15)12-14-13-24-19(20-14)16-10-7-11-17(22-2)18(16)23-3/h4-11,13H,12H2,1-3H3. The maximum absolute atomic E-state index is 5.51. The van der Waals surface area contributed by atoms with Gasteiger partial charge in [0, 0.05) is 18.1 Å². The van der Waals surface area contributed by atoms with Gasteiger partial charge in [0.1, 0.15) is 5.01 Å². The molecule has 5 heteroatoms. The fourth-order valence-electron chi connectivity index (χ4n) is 2.58. The molecule has 124 valence electrons. The van der Waals surface area contributed by atoms with Gasteiger partial charge >= 0.3 is 0 Å². The summed E-state index contributed by atoms with van der Waals surface area (Å²) in [6.07, 6.45) is 0. The van der Waals surface area contributed by atoms with Crippen LogP contribution in [0.5, 0.6) is 11.5 Å². The Hall–Kier alpha value is -2.53. The Bertz CT molecular complexity index is 802. The van der Waals surface area contributed by atoms with Gasteiger partial charge in [-0.3, -0.25) is 0 Å². The van der Waals surface area contributed by atoms with Gasteiger partial charge in [0.25, 0.3) is 0 Å². The number of hydrogen-bond acceptors (Lipinski definition) is 5. The third-order valence-electron chi connectivity index (χ3n) is 3.78. The second-order valence-corrected chi connectivity index (χ2v) is 6.23. The lowest BCUT2D eigenvalue weighted by Crippen LogP contribution is -2.16. The van der Waals surface area contributed by atoms with Crippen molar-refractivity contribution < 1.29 is 9.47 Å². The zero-order valence-electron chi connectivity index (χ0n) is 14.0. The zero-order chi connectivity index (χ0) is 16.9. The van der Waals surface area contributed by atoms with Gasteiger partial charge in [0.05, 0.1) is 32.0 Å². The summed E-state index contributed by atoms with van der Waals surface area (Å²) < 4.78 is 10.9. The van der Waals surface area contributed by atoms with Crippen molar-refractivity contribution in [3.63, 3.8) is 0 Å². The number of para-hydroxylation sites is 2. The van der Waals surface area contributed by atoms with E-state index in [9.17, 15) is 0 Å². The van der Waals surface area contributed by atoms with Crippen LogP contribution in [-0.2, 0) is 6.54 Å². The van der Waals surface area contributed by atoms with Crippen molar-refractivity contribution in [1.82, 2.24) is 4.98 Å². The van der Waals surface area contributed by atoms with Crippen LogP contribution in [0.15, 0.2) is 53.9 Å². The Balaban J connectivity index is 1.84. The maximum atomic E-state index is 5.51. The highest BCUT2D eigenvalue weighted by Gasteiger charge is 2.15. The molecule has 0 spiro atoms. The Labute approximate surface area is 146 Å². The lowest BCUT2D eigenvalue weighted by atomic mass is 10.2. The van der Waals surface area contributed by atoms with Crippen molar-refractivity contribution in [3.05, 3.63) is 59.6 Å². The molecule has 0 saturated heterocycles. The summed E-state index contributed by atoms with van der Waals surface area (Å²) in [4.78, 5) is 6.95. The summed E-state index contributed by atoms with van der Waals surface area (Å²) in [6.45, 7) is 0.757. The molecule has 0 radical (unpaired) electrons. The molecule has 0 aliphatic rings. The molecule has 2 aromatic carbocycles. The van der Waals surface area contributed by atoms with Crippen LogP contribution >= 0.6 is 11.3 Å². The normalized spacial score (nSPS) is 10.5. The lowest BCUT2D eigenvalue weighted by Gasteiger charge is -2.17. The molecule has 1 heterocycles. The highest BCUT2D eigenvalue weighted by atomic mass is 32.1. The van der Waals surface area contributed by atoms with Crippen LogP contribution in [0, 0.1) is 0 Å². The fourth-order valence-corrected chi connectivity index (χ4v) is 3.41. The maximum Gasteiger partial charge on any atom is 0.170 e. The fraction of sp³-hybridized carbons (Fsp3) is 0.211. The van der Waals surface area contributed by atoms with Crippen LogP contribution < -0.4 is 14.4 Å². The number of methoxy groups -OCH3 is 2. The topological polar surface area (TPSA) is 34.6 Å². The predicted molar refractivity (Wildman–Crippen MR) is 99.2 cm³/mol. The van der Waals surface area contributed by atoms with Crippen molar-refractivity contribution in [2.45, 2.75) is 6.54 Å². The van der Waals surface area contributed by atoms with Crippen LogP contribution in [0.1, 0.15) is 5.69 Å². The molecule has 0 N–H and O–H groups in total. The zero-order valence-corrected chi connectivity index (χ0v) is 14.8. The molecule has 0 saturated carbocycles. The van der Waals surface area contributed by atoms with Crippen molar-refractivity contribution in [2.75, 3.05) is 26.2 Å². The average molecular weight is 340 g/mol. The molecule has 0 bridgehead atoms. The molecular weight excluding hydrogens is 320 g/mol. The van der Waals surface area contributed by atoms with Crippen LogP contribution in [0.2, 0.25) is 0 Å². The SMILES string of the molecule is COc1cccc(-c2nc(CN(C)c3ccccc3)cs2)c1OC. The molecule has 1 aromatic heterocycles. The molecule has 0 atom stereocenters. The number of anilines is 1. The molecule has 24 heavy (non-hydrogen) atoms. The summed E-state index contributed by atoms with van der Waals surface area (Å²) >= 11 is 1.62. The number of rotatable bonds is 6. The predicted octanol–water partition coefficient (Wildman–Crippen LogP) is 4.46. The average Bonchev–Trinajstić information content (AvgIpc) is 3.09. The van der Waals surface area contributed by atoms with Crippen molar-refractivity contribution >= 4 is 17.0 Å². The number of benzene rings is 2. The third kappa shape index (κ3) is 3.36. The molecular formula is C19H20N2O2S. The minimum Gasteiger partial charge on any atom is -0.493 e. The first-order valence-corrected chi connectivity index (χ1v) is 8.53. The Morgan fingerprint density at radius 3 is 2.50 bits per heavy atom. The monoisotopic (exact) mass is 340 g/mol. The van der Waals surface area contributed by atoms with E-state index in [1.807, 2.05) is 36.4 Å². The molecule has 4 nitrogen and oxygen atoms in total. The first-order chi connectivity index (χ1) is 11.7. The van der Waals surface area contributed by atoms with Gasteiger partial charge in [0.2, 0.25) is 0 Å². The third-order valence-corrected chi connectivity index (χ3v) is 4.71. The van der Waals surface area contributed by atoms with E-state index >= 15 is 0 Å². The van der Waals surface area contributed by atoms with Gasteiger partial charge in [-0.25, -0.2) is 4.98 Å². The number of aromatic nitrogens is 1. The van der Waals surface area contributed by atoms with Crippen LogP contribution in [0.3, 0.4) is 0 Å². The lowest BCUT2D eigenvalue weighted by molar-refractivity contribution is 0.356. The van der Waals surface area contributed by atoms with Crippen molar-refractivity contribution in [1.29, 1.82) is 0 Å². The number of hydrogen-bond donors (Lipinski definition) is 0. The van der Waals surface area contributed by atoms with Gasteiger partial charge in [0.15, 0.2) is 11.5 Å². The second kappa shape index (κ2) is 7.36. The Morgan fingerprint density at radius 1 is 1.00 bits per heavy atom. The van der Waals surface area contributed by atoms with E-state index < -0.39 is 0 Å². The summed E-state index contributed by atoms with van der Waals surface area (Å²) in [6, 6.07) is 16.1. The molecule has 0 fully saturated rings. The molecule has 3 aromatic rings. The quantitative estimate of drug-likeness (QED) is 0.663. The summed E-state index contributed by atoms with van der Waals surface area (Å²) in [5.41, 5.74) is 3.16. The second-order valence-electron chi connectivity index (χ2n) is 5.38. The first kappa shape index (κ1) is 16.3. The van der Waals surface area contributed by atoms with E-state index in [4.69, 9.17) is 14.5 Å². The summed E-state index contributed by atoms with van der Waals surface area (Å²) in [5, 5.41) is 3.02. The van der Waals surface area contributed by atoms with E-state index in [1.165, 1.54) is 5.69 Å². The van der Waals surface area contributed by atoms with E-state index in [1.54, 1.807) is 25.6 Å². The summed E-state index contributed by atoms with van der Waals surface area (Å²) in [7, 11) is 5.36. The highest BCUT2D eigenvalue weighted by molar-refractivity contribution is 7.13. The van der Waals surface area contributed by atoms with E-state index in [2.05, 4.69) is 29.5 Å². The first-order valence-electron chi connectivity index (χ1n) is 7.65. The van der Waals surface area contributed by atoms with Gasteiger partial charge in [-0.2, -0.15) is 0 Å². The van der Waals surface area contributed by atoms with Gasteiger partial charge < -0.3 is 14.4 Å². The van der Waals surface area contributed by atoms with Gasteiger partial charge in [-0.1, -0.05) is 24.3 Å². The Morgan fingerprint density at radius 2 is 1.79 bits per heavy atom. The van der Waals surface area contributed by atoms with E-state index in [0.29, 0.717) is 5.75 Å². The van der Waals surface area contributed by atoms with Crippen LogP contribution in [-0.4, -0.2) is 26.3 Å². The molecule has 0 unspecified atom stereocenters. The smallest absolute Gasteiger partial charge is 0.170 e. The molecule has 0 aliphatic carbocycles. The molecule has 0 aliphatic heterocycles. The largest absolute Gasteiger partial charge is 0.493 e. The minimum absolute atomic E-state index is 0.716. The van der Waals surface area contributed by atoms with Crippen LogP contribution in [0.4, 0.5) is 5.69 Å². The summed E-state index contributed by atoms with van der Waals surface area (Å²) in [5.74, 6) is 1.44. The van der Waals surface area contributed by atoms with Gasteiger partial charge in [-0.05, 0) is 24.3 Å². The van der Waals surface area contributed by atoms with Crippen LogP contribution in [0.25, 0.3) is 10.6 Å². The Kier molecular flexibility index (Phi) is 5.01. The molecule has 0 amide bonds.